The number of nitrogen functional groups attached to an aromatic ring is 2. The minimum atomic E-state index is -0.517. The number of aryl methyl sites for hydroxylation is 4. The molecule has 0 aliphatic rings. The maximum absolute atomic E-state index is 12.8. The third-order valence-electron chi connectivity index (χ3n) is 9.56. The van der Waals surface area contributed by atoms with E-state index in [2.05, 4.69) is 16.7 Å². The quantitative estimate of drug-likeness (QED) is 0.0596. The van der Waals surface area contributed by atoms with Crippen LogP contribution >= 0.6 is 23.2 Å². The average Bonchev–Trinajstić information content (AvgIpc) is 3.22. The van der Waals surface area contributed by atoms with Gasteiger partial charge in [0.25, 0.3) is 16.4 Å². The Hall–Kier alpha value is -6.62. The molecule has 1 amide bonds. The number of halogens is 2. The van der Waals surface area contributed by atoms with E-state index in [9.17, 15) is 19.2 Å². The van der Waals surface area contributed by atoms with E-state index in [1.165, 1.54) is 6.92 Å². The average molecular weight is 864 g/mol. The second-order valence-corrected chi connectivity index (χ2v) is 14.6. The van der Waals surface area contributed by atoms with Crippen molar-refractivity contribution < 1.29 is 28.7 Å². The number of hydrogen-bond donors (Lipinski definition) is 4. The Morgan fingerprint density at radius 2 is 0.820 bits per heavy atom. The van der Waals surface area contributed by atoms with Crippen molar-refractivity contribution in [2.24, 2.45) is 0 Å². The van der Waals surface area contributed by atoms with Gasteiger partial charge >= 0.3 is 0 Å². The topological polar surface area (TPSA) is 163 Å². The number of nitrogens with one attached hydrogen (secondary N) is 2. The number of carbonyl (C=O) groups is 4. The standard InChI is InChI=1S/C25H26N2O3.C14H8Cl2O3.C9H14N2.CH4/c1-15-14-16(2)24(17(3)23(15)26-5)27-25(29)20-8-12-22(13-9-20)30-21-10-6-19(7-11-21)18(4)28;15-13(17)9-1-5-11(6-2-9)19-12-7-3-10(4-8-12)14(16)18;1-5-4-6(2)9(11)7(3)8(5)10;/h6-14,26H,1-5H3,(H,27,29);1-8H;4H,10-11H2,1-3H3;1H4. The van der Waals surface area contributed by atoms with Crippen LogP contribution in [0.15, 0.2) is 109 Å². The molecule has 0 bridgehead atoms. The van der Waals surface area contributed by atoms with E-state index in [-0.39, 0.29) is 19.1 Å². The molecule has 6 N–H and O–H groups in total. The molecule has 6 aromatic carbocycles. The van der Waals surface area contributed by atoms with Gasteiger partial charge in [0.15, 0.2) is 5.78 Å². The minimum absolute atomic E-state index is 0. The summed E-state index contributed by atoms with van der Waals surface area (Å²) in [6.07, 6.45) is 0. The van der Waals surface area contributed by atoms with Gasteiger partial charge in [-0.3, -0.25) is 19.2 Å². The van der Waals surface area contributed by atoms with Crippen LogP contribution in [0.2, 0.25) is 0 Å². The monoisotopic (exact) mass is 862 g/mol. The molecule has 0 heterocycles. The highest BCUT2D eigenvalue weighted by atomic mass is 35.5. The highest BCUT2D eigenvalue weighted by Gasteiger charge is 2.14. The third-order valence-corrected chi connectivity index (χ3v) is 10.00. The van der Waals surface area contributed by atoms with Crippen LogP contribution in [0.1, 0.15) is 89.2 Å². The van der Waals surface area contributed by atoms with E-state index in [0.717, 1.165) is 56.1 Å². The number of hydrogen-bond acceptors (Lipinski definition) is 9. The minimum Gasteiger partial charge on any atom is -0.457 e. The van der Waals surface area contributed by atoms with E-state index >= 15 is 0 Å². The van der Waals surface area contributed by atoms with Gasteiger partial charge in [-0.25, -0.2) is 0 Å². The summed E-state index contributed by atoms with van der Waals surface area (Å²) in [4.78, 5) is 45.9. The molecule has 0 fully saturated rings. The molecule has 0 saturated heterocycles. The van der Waals surface area contributed by atoms with Crippen LogP contribution in [-0.2, 0) is 0 Å². The normalized spacial score (nSPS) is 10.1. The van der Waals surface area contributed by atoms with Crippen LogP contribution in [0.25, 0.3) is 0 Å². The van der Waals surface area contributed by atoms with Crippen molar-refractivity contribution in [3.8, 4) is 23.0 Å². The van der Waals surface area contributed by atoms with Crippen LogP contribution in [0.3, 0.4) is 0 Å². The molecule has 61 heavy (non-hydrogen) atoms. The summed E-state index contributed by atoms with van der Waals surface area (Å²) in [5.41, 5.74) is 23.4. The number of nitrogens with two attached hydrogens (primary N) is 2. The zero-order chi connectivity index (χ0) is 44.3. The fourth-order valence-corrected chi connectivity index (χ4v) is 6.43. The molecule has 0 radical (unpaired) electrons. The lowest BCUT2D eigenvalue weighted by Gasteiger charge is -2.18. The molecule has 0 aromatic heterocycles. The first-order valence-electron chi connectivity index (χ1n) is 18.8. The largest absolute Gasteiger partial charge is 0.457 e. The summed E-state index contributed by atoms with van der Waals surface area (Å²) in [7, 11) is 1.88. The summed E-state index contributed by atoms with van der Waals surface area (Å²) in [6.45, 7) is 13.5. The Labute approximate surface area is 368 Å². The second-order valence-electron chi connectivity index (χ2n) is 14.0. The number of carbonyl (C=O) groups excluding carboxylic acids is 4. The van der Waals surface area contributed by atoms with E-state index in [4.69, 9.17) is 44.1 Å². The summed E-state index contributed by atoms with van der Waals surface area (Å²) < 4.78 is 11.3. The fourth-order valence-electron chi connectivity index (χ4n) is 6.18. The Morgan fingerprint density at radius 3 is 1.16 bits per heavy atom. The Balaban J connectivity index is 0.000000272. The van der Waals surface area contributed by atoms with Gasteiger partial charge in [0.2, 0.25) is 0 Å². The number of anilines is 4. The highest BCUT2D eigenvalue weighted by Crippen LogP contribution is 2.32. The predicted octanol–water partition coefficient (Wildman–Crippen LogP) is 12.6. The van der Waals surface area contributed by atoms with Crippen molar-refractivity contribution >= 4 is 68.1 Å². The lowest BCUT2D eigenvalue weighted by molar-refractivity contribution is 0.101. The van der Waals surface area contributed by atoms with Crippen molar-refractivity contribution in [2.45, 2.75) is 55.9 Å². The highest BCUT2D eigenvalue weighted by molar-refractivity contribution is 6.68. The number of benzene rings is 6. The van der Waals surface area contributed by atoms with E-state index in [1.54, 1.807) is 97.1 Å². The molecule has 0 saturated carbocycles. The molecule has 0 atom stereocenters. The van der Waals surface area contributed by atoms with Crippen LogP contribution in [0, 0.1) is 41.5 Å². The molecule has 318 valence electrons. The van der Waals surface area contributed by atoms with Crippen LogP contribution in [0.5, 0.6) is 23.0 Å². The molecule has 0 spiro atoms. The zero-order valence-corrected chi connectivity index (χ0v) is 36.3. The molecular weight excluding hydrogens is 811 g/mol. The van der Waals surface area contributed by atoms with Crippen LogP contribution < -0.4 is 31.6 Å². The smallest absolute Gasteiger partial charge is 0.255 e. The zero-order valence-electron chi connectivity index (χ0n) is 34.8. The molecule has 0 aliphatic heterocycles. The number of amides is 1. The summed E-state index contributed by atoms with van der Waals surface area (Å²) in [5, 5.41) is 5.19. The number of rotatable bonds is 10. The first-order chi connectivity index (χ1) is 28.4. The molecule has 0 unspecified atom stereocenters. The van der Waals surface area contributed by atoms with E-state index in [0.29, 0.717) is 45.3 Å². The lowest BCUT2D eigenvalue weighted by atomic mass is 10.0. The van der Waals surface area contributed by atoms with Gasteiger partial charge in [-0.05, 0) is 202 Å². The fraction of sp³-hybridized carbons (Fsp3) is 0.184. The van der Waals surface area contributed by atoms with Gasteiger partial charge < -0.3 is 31.6 Å². The molecular formula is C49H52Cl2N4O6. The first kappa shape index (κ1) is 48.7. The van der Waals surface area contributed by atoms with Crippen molar-refractivity contribution in [3.05, 3.63) is 165 Å². The van der Waals surface area contributed by atoms with Gasteiger partial charge in [0.05, 0.1) is 0 Å². The maximum Gasteiger partial charge on any atom is 0.255 e. The summed E-state index contributed by atoms with van der Waals surface area (Å²) in [5.74, 6) is 2.20. The Morgan fingerprint density at radius 1 is 0.492 bits per heavy atom. The molecule has 0 aliphatic carbocycles. The van der Waals surface area contributed by atoms with Gasteiger partial charge in [0.1, 0.15) is 23.0 Å². The van der Waals surface area contributed by atoms with Crippen molar-refractivity contribution in [2.75, 3.05) is 29.1 Å². The van der Waals surface area contributed by atoms with Crippen LogP contribution in [-0.4, -0.2) is 29.2 Å². The molecule has 12 heteroatoms. The number of ketones is 1. The van der Waals surface area contributed by atoms with Gasteiger partial charge in [-0.2, -0.15) is 0 Å². The summed E-state index contributed by atoms with van der Waals surface area (Å²) in [6, 6.07) is 30.8. The van der Waals surface area contributed by atoms with Gasteiger partial charge in [0, 0.05) is 52.1 Å². The number of Topliss-reactive ketones (excluding diaryl/α,β-unsaturated/α-hetero) is 1. The SMILES string of the molecule is C.CNc1c(C)cc(C)c(NC(=O)c2ccc(Oc3ccc(C(C)=O)cc3)cc2)c1C.Cc1cc(C)c(N)c(C)c1N.O=C(Cl)c1ccc(Oc2ccc(C(=O)Cl)cc2)cc1. The Bertz CT molecular complexity index is 2420. The van der Waals surface area contributed by atoms with Crippen molar-refractivity contribution in [1.29, 1.82) is 0 Å². The predicted molar refractivity (Wildman–Crippen MR) is 251 cm³/mol. The number of ether oxygens (including phenoxy) is 2. The lowest BCUT2D eigenvalue weighted by Crippen LogP contribution is -2.14. The van der Waals surface area contributed by atoms with Gasteiger partial charge in [-0.1, -0.05) is 19.6 Å². The molecule has 6 rings (SSSR count). The second kappa shape index (κ2) is 22.1. The van der Waals surface area contributed by atoms with Gasteiger partial charge in [-0.15, -0.1) is 0 Å². The molecule has 10 nitrogen and oxygen atoms in total. The summed E-state index contributed by atoms with van der Waals surface area (Å²) >= 11 is 10.7. The Kier molecular flexibility index (Phi) is 17.7. The van der Waals surface area contributed by atoms with E-state index < -0.39 is 10.5 Å². The van der Waals surface area contributed by atoms with E-state index in [1.807, 2.05) is 54.7 Å². The van der Waals surface area contributed by atoms with Crippen molar-refractivity contribution in [1.82, 2.24) is 0 Å². The maximum atomic E-state index is 12.8. The first-order valence-corrected chi connectivity index (χ1v) is 19.5. The molecule has 6 aromatic rings. The third kappa shape index (κ3) is 13.2. The van der Waals surface area contributed by atoms with Crippen molar-refractivity contribution in [3.63, 3.8) is 0 Å². The van der Waals surface area contributed by atoms with Crippen LogP contribution in [0.4, 0.5) is 22.7 Å².